The molecule has 25 heavy (non-hydrogen) atoms. The van der Waals surface area contributed by atoms with E-state index in [0.29, 0.717) is 22.6 Å². The highest BCUT2D eigenvalue weighted by Gasteiger charge is 2.12. The number of carbonyl (C=O) groups excluding carboxylic acids is 1. The average Bonchev–Trinajstić information content (AvgIpc) is 2.66. The second kappa shape index (κ2) is 6.49. The van der Waals surface area contributed by atoms with Gasteiger partial charge in [-0.2, -0.15) is 0 Å². The first-order valence-corrected chi connectivity index (χ1v) is 8.26. The fourth-order valence-electron chi connectivity index (χ4n) is 2.91. The molecule has 0 aliphatic rings. The predicted octanol–water partition coefficient (Wildman–Crippen LogP) is 4.37. The van der Waals surface area contributed by atoms with Gasteiger partial charge in [0.25, 0.3) is 5.91 Å². The molecule has 0 fully saturated rings. The first-order valence-electron chi connectivity index (χ1n) is 7.88. The number of para-hydroxylation sites is 2. The van der Waals surface area contributed by atoms with Crippen LogP contribution in [0.2, 0.25) is 5.02 Å². The molecule has 0 spiro atoms. The third-order valence-corrected chi connectivity index (χ3v) is 4.47. The number of halogens is 1. The monoisotopic (exact) mass is 347 g/mol. The zero-order valence-corrected chi connectivity index (χ0v) is 14.0. The van der Waals surface area contributed by atoms with E-state index in [1.165, 1.54) is 0 Å². The summed E-state index contributed by atoms with van der Waals surface area (Å²) < 4.78 is 0. The van der Waals surface area contributed by atoms with Crippen LogP contribution in [0, 0.1) is 0 Å². The van der Waals surface area contributed by atoms with E-state index in [2.05, 4.69) is 15.3 Å². The molecule has 1 amide bonds. The highest BCUT2D eigenvalue weighted by Crippen LogP contribution is 2.24. The Morgan fingerprint density at radius 3 is 2.64 bits per heavy atom. The number of aromatic nitrogens is 2. The van der Waals surface area contributed by atoms with E-state index in [4.69, 9.17) is 11.6 Å². The molecule has 2 aromatic heterocycles. The summed E-state index contributed by atoms with van der Waals surface area (Å²) in [4.78, 5) is 21.3. The third kappa shape index (κ3) is 2.92. The van der Waals surface area contributed by atoms with Crippen LogP contribution in [0.3, 0.4) is 0 Å². The molecule has 0 aliphatic carbocycles. The molecular formula is C20H14ClN3O. The lowest BCUT2D eigenvalue weighted by Crippen LogP contribution is -2.23. The Hall–Kier alpha value is -2.98. The van der Waals surface area contributed by atoms with Crippen LogP contribution in [-0.2, 0) is 6.54 Å². The standard InChI is InChI=1S/C20H14ClN3O/c21-17-9-11-23-19-15(17)5-3-6-16(19)20(25)24-12-13-8-10-22-18-7-2-1-4-14(13)18/h1-11H,12H2,(H,24,25). The molecule has 122 valence electrons. The van der Waals surface area contributed by atoms with Crippen molar-refractivity contribution in [3.8, 4) is 0 Å². The molecule has 5 heteroatoms. The summed E-state index contributed by atoms with van der Waals surface area (Å²) in [5.41, 5.74) is 3.04. The van der Waals surface area contributed by atoms with Gasteiger partial charge in [0.1, 0.15) is 0 Å². The number of nitrogens with zero attached hydrogens (tertiary/aromatic N) is 2. The van der Waals surface area contributed by atoms with Crippen LogP contribution in [0.4, 0.5) is 0 Å². The molecule has 1 N–H and O–H groups in total. The predicted molar refractivity (Wildman–Crippen MR) is 99.7 cm³/mol. The van der Waals surface area contributed by atoms with E-state index in [1.807, 2.05) is 42.5 Å². The summed E-state index contributed by atoms with van der Waals surface area (Å²) in [5, 5.41) is 5.35. The molecule has 4 aromatic rings. The number of pyridine rings is 2. The first-order chi connectivity index (χ1) is 12.2. The molecule has 0 aliphatic heterocycles. The molecule has 0 bridgehead atoms. The van der Waals surface area contributed by atoms with Gasteiger partial charge in [-0.05, 0) is 29.8 Å². The van der Waals surface area contributed by atoms with Gasteiger partial charge in [0.2, 0.25) is 0 Å². The van der Waals surface area contributed by atoms with Crippen LogP contribution in [0.1, 0.15) is 15.9 Å². The normalized spacial score (nSPS) is 10.9. The maximum Gasteiger partial charge on any atom is 0.253 e. The summed E-state index contributed by atoms with van der Waals surface area (Å²) in [5.74, 6) is -0.179. The SMILES string of the molecule is O=C(NCc1ccnc2ccccc12)c1cccc2c(Cl)ccnc12. The van der Waals surface area contributed by atoms with E-state index in [1.54, 1.807) is 24.5 Å². The molecule has 2 heterocycles. The zero-order chi connectivity index (χ0) is 17.2. The minimum absolute atomic E-state index is 0.179. The lowest BCUT2D eigenvalue weighted by Gasteiger charge is -2.10. The molecule has 0 saturated carbocycles. The smallest absolute Gasteiger partial charge is 0.253 e. The topological polar surface area (TPSA) is 54.9 Å². The summed E-state index contributed by atoms with van der Waals surface area (Å²) in [6.07, 6.45) is 3.36. The highest BCUT2D eigenvalue weighted by atomic mass is 35.5. The average molecular weight is 348 g/mol. The molecule has 4 rings (SSSR count). The Kier molecular flexibility index (Phi) is 4.04. The maximum atomic E-state index is 12.7. The minimum atomic E-state index is -0.179. The van der Waals surface area contributed by atoms with Gasteiger partial charge in [-0.1, -0.05) is 41.9 Å². The number of hydrogen-bond donors (Lipinski definition) is 1. The molecule has 4 nitrogen and oxygen atoms in total. The van der Waals surface area contributed by atoms with E-state index in [9.17, 15) is 4.79 Å². The first kappa shape index (κ1) is 15.5. The van der Waals surface area contributed by atoms with Crippen molar-refractivity contribution in [2.45, 2.75) is 6.54 Å². The maximum absolute atomic E-state index is 12.7. The van der Waals surface area contributed by atoms with Gasteiger partial charge < -0.3 is 5.32 Å². The van der Waals surface area contributed by atoms with Crippen molar-refractivity contribution in [1.82, 2.24) is 15.3 Å². The number of amides is 1. The van der Waals surface area contributed by atoms with Gasteiger partial charge in [-0.3, -0.25) is 14.8 Å². The fourth-order valence-corrected chi connectivity index (χ4v) is 3.11. The Bertz CT molecular complexity index is 1090. The summed E-state index contributed by atoms with van der Waals surface area (Å²) in [6, 6.07) is 16.9. The van der Waals surface area contributed by atoms with E-state index in [0.717, 1.165) is 21.9 Å². The molecule has 2 aromatic carbocycles. The van der Waals surface area contributed by atoms with Gasteiger partial charge in [0.15, 0.2) is 0 Å². The Morgan fingerprint density at radius 2 is 1.72 bits per heavy atom. The largest absolute Gasteiger partial charge is 0.348 e. The highest BCUT2D eigenvalue weighted by molar-refractivity contribution is 6.35. The van der Waals surface area contributed by atoms with Gasteiger partial charge in [-0.15, -0.1) is 0 Å². The van der Waals surface area contributed by atoms with E-state index >= 15 is 0 Å². The van der Waals surface area contributed by atoms with Gasteiger partial charge >= 0.3 is 0 Å². The second-order valence-corrected chi connectivity index (χ2v) is 6.07. The third-order valence-electron chi connectivity index (χ3n) is 4.14. The summed E-state index contributed by atoms with van der Waals surface area (Å²) in [6.45, 7) is 0.415. The van der Waals surface area contributed by atoms with E-state index < -0.39 is 0 Å². The van der Waals surface area contributed by atoms with Crippen molar-refractivity contribution in [2.75, 3.05) is 0 Å². The lowest BCUT2D eigenvalue weighted by atomic mass is 10.1. The molecule has 0 atom stereocenters. The van der Waals surface area contributed by atoms with Crippen molar-refractivity contribution in [3.05, 3.63) is 83.1 Å². The van der Waals surface area contributed by atoms with Crippen molar-refractivity contribution in [3.63, 3.8) is 0 Å². The molecule has 0 saturated heterocycles. The Labute approximate surface area is 149 Å². The summed E-state index contributed by atoms with van der Waals surface area (Å²) in [7, 11) is 0. The number of carbonyl (C=O) groups is 1. The van der Waals surface area contributed by atoms with Crippen LogP contribution < -0.4 is 5.32 Å². The van der Waals surface area contributed by atoms with Crippen LogP contribution in [0.25, 0.3) is 21.8 Å². The van der Waals surface area contributed by atoms with Gasteiger partial charge in [0, 0.05) is 29.7 Å². The number of rotatable bonds is 3. The Balaban J connectivity index is 1.64. The van der Waals surface area contributed by atoms with Crippen LogP contribution in [0.15, 0.2) is 67.0 Å². The van der Waals surface area contributed by atoms with E-state index in [-0.39, 0.29) is 5.91 Å². The van der Waals surface area contributed by atoms with Crippen molar-refractivity contribution in [2.24, 2.45) is 0 Å². The number of benzene rings is 2. The Morgan fingerprint density at radius 1 is 0.920 bits per heavy atom. The number of hydrogen-bond acceptors (Lipinski definition) is 3. The van der Waals surface area contributed by atoms with Crippen LogP contribution in [0.5, 0.6) is 0 Å². The lowest BCUT2D eigenvalue weighted by molar-refractivity contribution is 0.0952. The van der Waals surface area contributed by atoms with Crippen LogP contribution >= 0.6 is 11.6 Å². The van der Waals surface area contributed by atoms with Crippen LogP contribution in [-0.4, -0.2) is 15.9 Å². The number of nitrogens with one attached hydrogen (secondary N) is 1. The quantitative estimate of drug-likeness (QED) is 0.599. The van der Waals surface area contributed by atoms with Crippen molar-refractivity contribution in [1.29, 1.82) is 0 Å². The zero-order valence-electron chi connectivity index (χ0n) is 13.2. The van der Waals surface area contributed by atoms with Crippen molar-refractivity contribution >= 4 is 39.3 Å². The molecular weight excluding hydrogens is 334 g/mol. The molecule has 0 radical (unpaired) electrons. The summed E-state index contributed by atoms with van der Waals surface area (Å²) >= 11 is 6.19. The second-order valence-electron chi connectivity index (χ2n) is 5.66. The van der Waals surface area contributed by atoms with Gasteiger partial charge in [0.05, 0.1) is 21.6 Å². The van der Waals surface area contributed by atoms with Crippen molar-refractivity contribution < 1.29 is 4.79 Å². The molecule has 0 unspecified atom stereocenters. The number of fused-ring (bicyclic) bond motifs is 2. The van der Waals surface area contributed by atoms with Gasteiger partial charge in [-0.25, -0.2) is 0 Å². The fraction of sp³-hybridized carbons (Fsp3) is 0.0500. The minimum Gasteiger partial charge on any atom is -0.348 e.